The molecule has 2 heterocycles. The zero-order valence-corrected chi connectivity index (χ0v) is 12.9. The number of H-pyrrole nitrogens is 1. The molecule has 2 N–H and O–H groups in total. The molecule has 0 aromatic carbocycles. The number of methoxy groups -OCH3 is 1. The van der Waals surface area contributed by atoms with Crippen LogP contribution in [0, 0.1) is 0 Å². The molecule has 0 amide bonds. The van der Waals surface area contributed by atoms with E-state index in [1.807, 2.05) is 6.92 Å². The van der Waals surface area contributed by atoms with Crippen LogP contribution in [0.3, 0.4) is 0 Å². The molecule has 10 nitrogen and oxygen atoms in total. The van der Waals surface area contributed by atoms with Crippen molar-refractivity contribution in [2.45, 2.75) is 43.8 Å². The van der Waals surface area contributed by atoms with E-state index >= 15 is 0 Å². The van der Waals surface area contributed by atoms with E-state index in [1.165, 1.54) is 23.9 Å². The highest BCUT2D eigenvalue weighted by molar-refractivity contribution is 5.02. The number of aromatic amines is 1. The van der Waals surface area contributed by atoms with Gasteiger partial charge < -0.3 is 14.6 Å². The number of nitrogens with zero attached hydrogens (tertiary/aromatic N) is 4. The van der Waals surface area contributed by atoms with Crippen LogP contribution >= 0.6 is 0 Å². The third-order valence-electron chi connectivity index (χ3n) is 4.18. The minimum absolute atomic E-state index is 0.144. The van der Waals surface area contributed by atoms with Gasteiger partial charge in [0.1, 0.15) is 12.2 Å². The Hall–Kier alpha value is -2.13. The van der Waals surface area contributed by atoms with Crippen molar-refractivity contribution in [3.63, 3.8) is 0 Å². The number of aliphatic hydroxyl groups is 1. The lowest BCUT2D eigenvalue weighted by Crippen LogP contribution is -2.44. The van der Waals surface area contributed by atoms with Crippen molar-refractivity contribution in [3.8, 4) is 0 Å². The van der Waals surface area contributed by atoms with Gasteiger partial charge >= 0.3 is 5.69 Å². The van der Waals surface area contributed by atoms with Crippen LogP contribution in [0.25, 0.3) is 10.4 Å². The van der Waals surface area contributed by atoms with Gasteiger partial charge in [0.05, 0.1) is 5.60 Å². The third-order valence-corrected chi connectivity index (χ3v) is 4.18. The van der Waals surface area contributed by atoms with Crippen LogP contribution in [0.4, 0.5) is 0 Å². The van der Waals surface area contributed by atoms with E-state index in [0.29, 0.717) is 6.42 Å². The Bertz CT molecular complexity index is 709. The number of hydrogen-bond donors (Lipinski definition) is 2. The quantitative estimate of drug-likeness (QED) is 0.439. The summed E-state index contributed by atoms with van der Waals surface area (Å²) < 4.78 is 12.4. The van der Waals surface area contributed by atoms with Gasteiger partial charge in [-0.3, -0.25) is 14.3 Å². The fourth-order valence-corrected chi connectivity index (χ4v) is 2.88. The van der Waals surface area contributed by atoms with Gasteiger partial charge in [0.15, 0.2) is 6.23 Å². The fourth-order valence-electron chi connectivity index (χ4n) is 2.88. The molecule has 0 radical (unpaired) electrons. The molecule has 1 fully saturated rings. The second-order valence-electron chi connectivity index (χ2n) is 5.29. The first-order chi connectivity index (χ1) is 11.0. The standard InChI is InChI=1S/C13H19N5O5/c1-3-13(5-6-15-17-14)10(20)9(22-2)11(23-13)18-7-4-8(19)16-12(18)21/h4,7,9-11,20H,3,5-6H2,1-2H3,(H,16,19,21)/t9?,10-,11-,13+/m1/s1. The molecule has 0 spiro atoms. The maximum atomic E-state index is 12.0. The zero-order valence-electron chi connectivity index (χ0n) is 12.9. The summed E-state index contributed by atoms with van der Waals surface area (Å²) in [7, 11) is 1.40. The van der Waals surface area contributed by atoms with Crippen LogP contribution < -0.4 is 11.2 Å². The predicted molar refractivity (Wildman–Crippen MR) is 79.9 cm³/mol. The van der Waals surface area contributed by atoms with Gasteiger partial charge in [0, 0.05) is 30.8 Å². The molecule has 10 heteroatoms. The monoisotopic (exact) mass is 325 g/mol. The summed E-state index contributed by atoms with van der Waals surface area (Å²) in [6.07, 6.45) is -0.707. The molecular weight excluding hydrogens is 306 g/mol. The van der Waals surface area contributed by atoms with Gasteiger partial charge in [-0.15, -0.1) is 0 Å². The van der Waals surface area contributed by atoms with Gasteiger partial charge in [-0.05, 0) is 18.4 Å². The Balaban J connectivity index is 2.39. The summed E-state index contributed by atoms with van der Waals surface area (Å²) >= 11 is 0. The average Bonchev–Trinajstić information content (AvgIpc) is 2.80. The molecule has 0 bridgehead atoms. The van der Waals surface area contributed by atoms with Crippen LogP contribution in [-0.2, 0) is 9.47 Å². The lowest BCUT2D eigenvalue weighted by atomic mass is 9.89. The smallest absolute Gasteiger partial charge is 0.330 e. The minimum atomic E-state index is -1.02. The van der Waals surface area contributed by atoms with Crippen molar-refractivity contribution in [2.75, 3.05) is 13.7 Å². The van der Waals surface area contributed by atoms with Crippen molar-refractivity contribution in [3.05, 3.63) is 43.5 Å². The molecule has 1 saturated heterocycles. The molecule has 1 aromatic rings. The summed E-state index contributed by atoms with van der Waals surface area (Å²) in [5.41, 5.74) is 6.22. The number of azide groups is 1. The van der Waals surface area contributed by atoms with E-state index < -0.39 is 35.3 Å². The van der Waals surface area contributed by atoms with E-state index in [2.05, 4.69) is 15.0 Å². The van der Waals surface area contributed by atoms with Gasteiger partial charge in [-0.2, -0.15) is 0 Å². The molecule has 126 valence electrons. The summed E-state index contributed by atoms with van der Waals surface area (Å²) in [6, 6.07) is 1.19. The molecular formula is C13H19N5O5. The summed E-state index contributed by atoms with van der Waals surface area (Å²) in [5, 5.41) is 14.1. The van der Waals surface area contributed by atoms with Crippen LogP contribution in [0.5, 0.6) is 0 Å². The topological polar surface area (TPSA) is 142 Å². The number of ether oxygens (including phenoxy) is 2. The fraction of sp³-hybridized carbons (Fsp3) is 0.692. The molecule has 23 heavy (non-hydrogen) atoms. The molecule has 4 atom stereocenters. The minimum Gasteiger partial charge on any atom is -0.387 e. The highest BCUT2D eigenvalue weighted by atomic mass is 16.6. The van der Waals surface area contributed by atoms with Gasteiger partial charge in [0.25, 0.3) is 5.56 Å². The molecule has 0 aliphatic carbocycles. The van der Waals surface area contributed by atoms with Crippen molar-refractivity contribution >= 4 is 0 Å². The van der Waals surface area contributed by atoms with Crippen molar-refractivity contribution in [1.29, 1.82) is 0 Å². The van der Waals surface area contributed by atoms with E-state index in [1.54, 1.807) is 0 Å². The van der Waals surface area contributed by atoms with Crippen LogP contribution in [0.1, 0.15) is 26.0 Å². The van der Waals surface area contributed by atoms with E-state index in [-0.39, 0.29) is 13.0 Å². The van der Waals surface area contributed by atoms with E-state index in [9.17, 15) is 14.7 Å². The zero-order chi connectivity index (χ0) is 17.0. The Labute approximate surface area is 131 Å². The van der Waals surface area contributed by atoms with Crippen molar-refractivity contribution < 1.29 is 14.6 Å². The van der Waals surface area contributed by atoms with Gasteiger partial charge in [-0.1, -0.05) is 12.0 Å². The number of rotatable bonds is 6. The van der Waals surface area contributed by atoms with Crippen LogP contribution in [-0.4, -0.2) is 46.1 Å². The highest BCUT2D eigenvalue weighted by Gasteiger charge is 2.54. The average molecular weight is 325 g/mol. The number of aliphatic hydroxyl groups excluding tert-OH is 1. The Kier molecular flexibility index (Phi) is 5.22. The normalized spacial score (nSPS) is 30.1. The second kappa shape index (κ2) is 6.97. The number of hydrogen-bond acceptors (Lipinski definition) is 6. The number of nitrogens with one attached hydrogen (secondary N) is 1. The Morgan fingerprint density at radius 1 is 1.61 bits per heavy atom. The Morgan fingerprint density at radius 2 is 2.35 bits per heavy atom. The molecule has 0 saturated carbocycles. The molecule has 1 aliphatic heterocycles. The first kappa shape index (κ1) is 17.2. The predicted octanol–water partition coefficient (Wildman–Crippen LogP) is 0.291. The van der Waals surface area contributed by atoms with Gasteiger partial charge in [-0.25, -0.2) is 4.79 Å². The van der Waals surface area contributed by atoms with E-state index in [4.69, 9.17) is 15.0 Å². The SMILES string of the molecule is CC[C@@]1(CCN=[N+]=[N-])O[C@@H](n2ccc(=O)[nH]c2=O)C(OC)[C@H]1O. The first-order valence-corrected chi connectivity index (χ1v) is 7.20. The lowest BCUT2D eigenvalue weighted by molar-refractivity contribution is -0.111. The maximum absolute atomic E-state index is 12.0. The largest absolute Gasteiger partial charge is 0.387 e. The number of aromatic nitrogens is 2. The summed E-state index contributed by atoms with van der Waals surface area (Å²) in [6.45, 7) is 1.97. The summed E-state index contributed by atoms with van der Waals surface area (Å²) in [5.74, 6) is 0. The van der Waals surface area contributed by atoms with Crippen LogP contribution in [0.15, 0.2) is 27.0 Å². The molecule has 1 aliphatic rings. The summed E-state index contributed by atoms with van der Waals surface area (Å²) in [4.78, 5) is 28.0. The third kappa shape index (κ3) is 3.15. The van der Waals surface area contributed by atoms with Crippen molar-refractivity contribution in [2.24, 2.45) is 5.11 Å². The van der Waals surface area contributed by atoms with E-state index in [0.717, 1.165) is 0 Å². The molecule has 2 rings (SSSR count). The highest BCUT2D eigenvalue weighted by Crippen LogP contribution is 2.42. The Morgan fingerprint density at radius 3 is 2.91 bits per heavy atom. The second-order valence-corrected chi connectivity index (χ2v) is 5.29. The molecule has 1 aromatic heterocycles. The van der Waals surface area contributed by atoms with Crippen LogP contribution in [0.2, 0.25) is 0 Å². The molecule has 1 unspecified atom stereocenters. The maximum Gasteiger partial charge on any atom is 0.330 e. The lowest BCUT2D eigenvalue weighted by Gasteiger charge is -2.30. The van der Waals surface area contributed by atoms with Gasteiger partial charge in [0.2, 0.25) is 0 Å². The first-order valence-electron chi connectivity index (χ1n) is 7.20. The van der Waals surface area contributed by atoms with Crippen molar-refractivity contribution in [1.82, 2.24) is 9.55 Å².